The summed E-state index contributed by atoms with van der Waals surface area (Å²) in [6.07, 6.45) is 1.07. The molecule has 6 heteroatoms. The van der Waals surface area contributed by atoms with E-state index in [1.165, 1.54) is 0 Å². The maximum atomic E-state index is 12.0. The molecule has 1 amide bonds. The number of carbonyl (C=O) groups is 1. The van der Waals surface area contributed by atoms with Crippen LogP contribution >= 0.6 is 0 Å². The number of rotatable bonds is 3. The van der Waals surface area contributed by atoms with Gasteiger partial charge in [-0.05, 0) is 22.8 Å². The standard InChI is InChI=1S/C15H14N2O3S/c1-21(19,20)17-13-8-7-11(10-5-3-2-4-6-10)12-9-16-15(18)14(12)13/h2-8,17H,9H2,1H3,(H,16,18). The minimum absolute atomic E-state index is 0.256. The third kappa shape index (κ3) is 2.62. The average Bonchev–Trinajstić information content (AvgIpc) is 2.81. The second-order valence-electron chi connectivity index (χ2n) is 4.94. The molecule has 0 spiro atoms. The van der Waals surface area contributed by atoms with Gasteiger partial charge in [0.25, 0.3) is 5.91 Å². The van der Waals surface area contributed by atoms with Crippen molar-refractivity contribution in [2.75, 3.05) is 11.0 Å². The van der Waals surface area contributed by atoms with Gasteiger partial charge in [0.05, 0.1) is 17.5 Å². The molecule has 0 atom stereocenters. The number of hydrogen-bond acceptors (Lipinski definition) is 3. The Bertz CT molecular complexity index is 814. The molecule has 0 fully saturated rings. The van der Waals surface area contributed by atoms with Crippen molar-refractivity contribution in [3.63, 3.8) is 0 Å². The first-order chi connectivity index (χ1) is 9.96. The molecule has 2 aromatic carbocycles. The highest BCUT2D eigenvalue weighted by Crippen LogP contribution is 2.34. The van der Waals surface area contributed by atoms with Gasteiger partial charge in [-0.25, -0.2) is 8.42 Å². The Balaban J connectivity index is 2.18. The van der Waals surface area contributed by atoms with E-state index >= 15 is 0 Å². The first kappa shape index (κ1) is 13.6. The Morgan fingerprint density at radius 1 is 1.10 bits per heavy atom. The number of benzene rings is 2. The monoisotopic (exact) mass is 302 g/mol. The maximum Gasteiger partial charge on any atom is 0.254 e. The number of hydrogen-bond donors (Lipinski definition) is 2. The molecule has 0 unspecified atom stereocenters. The average molecular weight is 302 g/mol. The molecule has 108 valence electrons. The predicted molar refractivity (Wildman–Crippen MR) is 81.5 cm³/mol. The number of anilines is 1. The molecule has 2 aromatic rings. The van der Waals surface area contributed by atoms with Gasteiger partial charge in [0.15, 0.2) is 0 Å². The topological polar surface area (TPSA) is 75.3 Å². The van der Waals surface area contributed by atoms with Crippen LogP contribution in [0.1, 0.15) is 15.9 Å². The van der Waals surface area contributed by atoms with Crippen molar-refractivity contribution in [2.24, 2.45) is 0 Å². The molecule has 1 aliphatic heterocycles. The lowest BCUT2D eigenvalue weighted by Gasteiger charge is -2.12. The Morgan fingerprint density at radius 3 is 2.48 bits per heavy atom. The zero-order chi connectivity index (χ0) is 15.0. The molecule has 0 aromatic heterocycles. The molecule has 0 saturated carbocycles. The number of sulfonamides is 1. The van der Waals surface area contributed by atoms with E-state index < -0.39 is 10.0 Å². The summed E-state index contributed by atoms with van der Waals surface area (Å²) in [5.41, 5.74) is 3.47. The summed E-state index contributed by atoms with van der Waals surface area (Å²) in [5, 5.41) is 2.75. The van der Waals surface area contributed by atoms with Gasteiger partial charge in [-0.15, -0.1) is 0 Å². The molecule has 1 heterocycles. The minimum Gasteiger partial charge on any atom is -0.348 e. The molecule has 2 N–H and O–H groups in total. The van der Waals surface area contributed by atoms with Crippen molar-refractivity contribution in [2.45, 2.75) is 6.54 Å². The van der Waals surface area contributed by atoms with Crippen LogP contribution in [0.3, 0.4) is 0 Å². The van der Waals surface area contributed by atoms with Crippen molar-refractivity contribution in [1.82, 2.24) is 5.32 Å². The highest BCUT2D eigenvalue weighted by atomic mass is 32.2. The van der Waals surface area contributed by atoms with Crippen molar-refractivity contribution in [3.05, 3.63) is 53.6 Å². The van der Waals surface area contributed by atoms with Crippen LogP contribution in [0.5, 0.6) is 0 Å². The Kier molecular flexibility index (Phi) is 3.17. The largest absolute Gasteiger partial charge is 0.348 e. The molecule has 21 heavy (non-hydrogen) atoms. The summed E-state index contributed by atoms with van der Waals surface area (Å²) >= 11 is 0. The van der Waals surface area contributed by atoms with E-state index in [4.69, 9.17) is 0 Å². The maximum absolute atomic E-state index is 12.0. The molecule has 0 aliphatic carbocycles. The van der Waals surface area contributed by atoms with Crippen LogP contribution in [0.25, 0.3) is 11.1 Å². The normalized spacial score (nSPS) is 13.7. The van der Waals surface area contributed by atoms with Gasteiger partial charge in [-0.3, -0.25) is 9.52 Å². The number of fused-ring (bicyclic) bond motifs is 1. The predicted octanol–water partition coefficient (Wildman–Crippen LogP) is 1.97. The van der Waals surface area contributed by atoms with Gasteiger partial charge in [-0.1, -0.05) is 36.4 Å². The molecule has 0 bridgehead atoms. The van der Waals surface area contributed by atoms with E-state index in [0.29, 0.717) is 17.8 Å². The molecule has 3 rings (SSSR count). The zero-order valence-electron chi connectivity index (χ0n) is 11.4. The quantitative estimate of drug-likeness (QED) is 0.910. The van der Waals surface area contributed by atoms with Crippen LogP contribution < -0.4 is 10.0 Å². The fourth-order valence-corrected chi connectivity index (χ4v) is 3.09. The third-order valence-electron chi connectivity index (χ3n) is 3.35. The Hall–Kier alpha value is -2.34. The summed E-state index contributed by atoms with van der Waals surface area (Å²) in [4.78, 5) is 12.0. The zero-order valence-corrected chi connectivity index (χ0v) is 12.2. The SMILES string of the molecule is CS(=O)(=O)Nc1ccc(-c2ccccc2)c2c1C(=O)NC2. The molecular weight excluding hydrogens is 288 g/mol. The third-order valence-corrected chi connectivity index (χ3v) is 3.94. The summed E-state index contributed by atoms with van der Waals surface area (Å²) in [7, 11) is -3.43. The molecule has 1 aliphatic rings. The second kappa shape index (κ2) is 4.89. The van der Waals surface area contributed by atoms with Crippen LogP contribution in [0.4, 0.5) is 5.69 Å². The van der Waals surface area contributed by atoms with Crippen LogP contribution in [-0.2, 0) is 16.6 Å². The van der Waals surface area contributed by atoms with Crippen LogP contribution in [0, 0.1) is 0 Å². The van der Waals surface area contributed by atoms with Gasteiger partial charge < -0.3 is 5.32 Å². The fourth-order valence-electron chi connectivity index (χ4n) is 2.52. The Labute approximate surface area is 123 Å². The van der Waals surface area contributed by atoms with E-state index in [1.54, 1.807) is 6.07 Å². The van der Waals surface area contributed by atoms with Gasteiger partial charge in [0.1, 0.15) is 0 Å². The van der Waals surface area contributed by atoms with E-state index in [9.17, 15) is 13.2 Å². The van der Waals surface area contributed by atoms with Crippen molar-refractivity contribution in [3.8, 4) is 11.1 Å². The second-order valence-corrected chi connectivity index (χ2v) is 6.69. The number of amides is 1. The van der Waals surface area contributed by atoms with E-state index in [2.05, 4.69) is 10.0 Å². The van der Waals surface area contributed by atoms with Crippen molar-refractivity contribution in [1.29, 1.82) is 0 Å². The molecular formula is C15H14N2O3S. The lowest BCUT2D eigenvalue weighted by atomic mass is 9.96. The molecule has 0 saturated heterocycles. The summed E-state index contributed by atoms with van der Waals surface area (Å²) in [6, 6.07) is 13.2. The van der Waals surface area contributed by atoms with Crippen molar-refractivity contribution >= 4 is 21.6 Å². The van der Waals surface area contributed by atoms with Gasteiger partial charge in [-0.2, -0.15) is 0 Å². The van der Waals surface area contributed by atoms with Crippen LogP contribution in [0.2, 0.25) is 0 Å². The summed E-state index contributed by atoms with van der Waals surface area (Å²) < 4.78 is 25.2. The van der Waals surface area contributed by atoms with Gasteiger partial charge >= 0.3 is 0 Å². The molecule has 5 nitrogen and oxygen atoms in total. The molecule has 0 radical (unpaired) electrons. The first-order valence-corrected chi connectivity index (χ1v) is 8.32. The van der Waals surface area contributed by atoms with E-state index in [-0.39, 0.29) is 5.91 Å². The Morgan fingerprint density at radius 2 is 1.81 bits per heavy atom. The fraction of sp³-hybridized carbons (Fsp3) is 0.133. The van der Waals surface area contributed by atoms with E-state index in [0.717, 1.165) is 22.9 Å². The van der Waals surface area contributed by atoms with Gasteiger partial charge in [0.2, 0.25) is 10.0 Å². The lowest BCUT2D eigenvalue weighted by molar-refractivity contribution is 0.0966. The number of nitrogens with one attached hydrogen (secondary N) is 2. The highest BCUT2D eigenvalue weighted by Gasteiger charge is 2.26. The smallest absolute Gasteiger partial charge is 0.254 e. The lowest BCUT2D eigenvalue weighted by Crippen LogP contribution is -2.16. The van der Waals surface area contributed by atoms with Crippen LogP contribution in [0.15, 0.2) is 42.5 Å². The number of carbonyl (C=O) groups excluding carboxylic acids is 1. The first-order valence-electron chi connectivity index (χ1n) is 6.43. The highest BCUT2D eigenvalue weighted by molar-refractivity contribution is 7.92. The van der Waals surface area contributed by atoms with Gasteiger partial charge in [0, 0.05) is 6.54 Å². The van der Waals surface area contributed by atoms with Crippen molar-refractivity contribution < 1.29 is 13.2 Å². The summed E-state index contributed by atoms with van der Waals surface area (Å²) in [5.74, 6) is -0.256. The van der Waals surface area contributed by atoms with Crippen LogP contribution in [-0.4, -0.2) is 20.6 Å². The van der Waals surface area contributed by atoms with E-state index in [1.807, 2.05) is 36.4 Å². The summed E-state index contributed by atoms with van der Waals surface area (Å²) in [6.45, 7) is 0.400. The minimum atomic E-state index is -3.43.